The van der Waals surface area contributed by atoms with Crippen molar-refractivity contribution >= 4 is 25.7 Å². The molecule has 0 aliphatic carbocycles. The lowest BCUT2D eigenvalue weighted by atomic mass is 10.0. The minimum absolute atomic E-state index is 0.146. The van der Waals surface area contributed by atoms with E-state index in [1.807, 2.05) is 6.08 Å². The summed E-state index contributed by atoms with van der Waals surface area (Å²) in [6.45, 7) is 2.72. The fourth-order valence-corrected chi connectivity index (χ4v) is 6.42. The molecule has 0 aromatic carbocycles. The van der Waals surface area contributed by atoms with Gasteiger partial charge in [-0.15, -0.1) is 0 Å². The summed E-state index contributed by atoms with van der Waals surface area (Å²) in [7, 11) is -4.73. The lowest BCUT2D eigenvalue weighted by molar-refractivity contribution is -0.161. The van der Waals surface area contributed by atoms with Gasteiger partial charge in [-0.2, -0.15) is 0 Å². The molecular formula is C44H78NO10P. The van der Waals surface area contributed by atoms with E-state index in [0.717, 1.165) is 44.9 Å². The van der Waals surface area contributed by atoms with Crippen LogP contribution in [-0.4, -0.2) is 59.9 Å². The van der Waals surface area contributed by atoms with Gasteiger partial charge in [-0.1, -0.05) is 165 Å². The van der Waals surface area contributed by atoms with Crippen molar-refractivity contribution in [3.63, 3.8) is 0 Å². The zero-order valence-corrected chi connectivity index (χ0v) is 35.9. The predicted molar refractivity (Wildman–Crippen MR) is 226 cm³/mol. The molecule has 0 radical (unpaired) electrons. The van der Waals surface area contributed by atoms with Gasteiger partial charge in [0.15, 0.2) is 6.10 Å². The number of carbonyl (C=O) groups excluding carboxylic acids is 2. The highest BCUT2D eigenvalue weighted by Crippen LogP contribution is 2.43. The monoisotopic (exact) mass is 812 g/mol. The second-order valence-electron chi connectivity index (χ2n) is 14.5. The zero-order valence-electron chi connectivity index (χ0n) is 35.0. The second kappa shape index (κ2) is 39.3. The van der Waals surface area contributed by atoms with Crippen molar-refractivity contribution in [1.29, 1.82) is 0 Å². The molecular weight excluding hydrogens is 733 g/mol. The van der Waals surface area contributed by atoms with E-state index < -0.39 is 51.1 Å². The average Bonchev–Trinajstić information content (AvgIpc) is 3.17. The largest absolute Gasteiger partial charge is 0.480 e. The molecule has 0 bridgehead atoms. The Hall–Kier alpha value is -2.56. The molecule has 56 heavy (non-hydrogen) atoms. The fourth-order valence-electron chi connectivity index (χ4n) is 5.65. The van der Waals surface area contributed by atoms with Crippen LogP contribution < -0.4 is 5.73 Å². The van der Waals surface area contributed by atoms with Crippen LogP contribution in [-0.2, 0) is 37.5 Å². The summed E-state index contributed by atoms with van der Waals surface area (Å²) in [5, 5.41) is 8.88. The van der Waals surface area contributed by atoms with Crippen LogP contribution in [0.1, 0.15) is 181 Å². The third kappa shape index (κ3) is 38.3. The highest BCUT2D eigenvalue weighted by atomic mass is 31.2. The topological polar surface area (TPSA) is 172 Å². The summed E-state index contributed by atoms with van der Waals surface area (Å²) in [5.74, 6) is -2.45. The quantitative estimate of drug-likeness (QED) is 0.0233. The van der Waals surface area contributed by atoms with Gasteiger partial charge in [-0.25, -0.2) is 4.57 Å². The molecule has 3 atom stereocenters. The van der Waals surface area contributed by atoms with Gasteiger partial charge in [0.05, 0.1) is 13.2 Å². The van der Waals surface area contributed by atoms with E-state index >= 15 is 0 Å². The third-order valence-electron chi connectivity index (χ3n) is 9.08. The fraction of sp³-hybridized carbons (Fsp3) is 0.750. The molecule has 324 valence electrons. The summed E-state index contributed by atoms with van der Waals surface area (Å²) >= 11 is 0. The van der Waals surface area contributed by atoms with Gasteiger partial charge >= 0.3 is 25.7 Å². The first kappa shape index (κ1) is 53.4. The Morgan fingerprint density at radius 3 is 1.46 bits per heavy atom. The molecule has 0 fully saturated rings. The molecule has 4 N–H and O–H groups in total. The van der Waals surface area contributed by atoms with Gasteiger partial charge < -0.3 is 25.2 Å². The average molecular weight is 812 g/mol. The normalized spacial score (nSPS) is 14.2. The van der Waals surface area contributed by atoms with Crippen LogP contribution >= 0.6 is 7.82 Å². The molecule has 0 aliphatic rings. The Balaban J connectivity index is 4.45. The third-order valence-corrected chi connectivity index (χ3v) is 10.0. The van der Waals surface area contributed by atoms with Crippen molar-refractivity contribution in [2.45, 2.75) is 193 Å². The molecule has 0 aromatic rings. The minimum Gasteiger partial charge on any atom is -0.480 e. The molecule has 0 saturated heterocycles. The second-order valence-corrected chi connectivity index (χ2v) is 15.9. The maximum atomic E-state index is 12.6. The lowest BCUT2D eigenvalue weighted by Crippen LogP contribution is -2.34. The number of ether oxygens (including phenoxy) is 2. The van der Waals surface area contributed by atoms with E-state index in [0.29, 0.717) is 19.3 Å². The maximum Gasteiger partial charge on any atom is 0.472 e. The molecule has 0 rings (SSSR count). The van der Waals surface area contributed by atoms with E-state index in [9.17, 15) is 23.8 Å². The van der Waals surface area contributed by atoms with Gasteiger partial charge in [-0.3, -0.25) is 23.4 Å². The first-order valence-electron chi connectivity index (χ1n) is 21.7. The van der Waals surface area contributed by atoms with Crippen LogP contribution in [0.3, 0.4) is 0 Å². The summed E-state index contributed by atoms with van der Waals surface area (Å²) in [6.07, 6.45) is 43.2. The molecule has 3 unspecified atom stereocenters. The smallest absolute Gasteiger partial charge is 0.472 e. The van der Waals surface area contributed by atoms with Gasteiger partial charge in [0, 0.05) is 12.8 Å². The van der Waals surface area contributed by atoms with Crippen molar-refractivity contribution in [2.24, 2.45) is 5.73 Å². The number of hydrogen-bond donors (Lipinski definition) is 3. The van der Waals surface area contributed by atoms with Crippen LogP contribution in [0.2, 0.25) is 0 Å². The Morgan fingerprint density at radius 2 is 0.964 bits per heavy atom. The number of unbranched alkanes of at least 4 members (excludes halogenated alkanes) is 18. The summed E-state index contributed by atoms with van der Waals surface area (Å²) in [4.78, 5) is 45.9. The van der Waals surface area contributed by atoms with Gasteiger partial charge in [0.1, 0.15) is 12.6 Å². The highest BCUT2D eigenvalue weighted by Gasteiger charge is 2.28. The Bertz CT molecular complexity index is 1140. The van der Waals surface area contributed by atoms with Crippen LogP contribution in [0.25, 0.3) is 0 Å². The van der Waals surface area contributed by atoms with Crippen molar-refractivity contribution in [2.75, 3.05) is 19.8 Å². The van der Waals surface area contributed by atoms with Crippen LogP contribution in [0.4, 0.5) is 0 Å². The standard InChI is InChI=1S/C44H78NO10P/c1-3-5-7-9-11-13-15-17-19-20-22-23-25-27-29-31-33-35-42(46)52-37-40(38-53-56(50,51)54-39-41(45)44(48)49)55-43(47)36-34-32-30-28-26-24-21-18-16-14-12-10-8-6-4-2/h11,13,17,19,22-23,27,29,40-41H,3-10,12,14-16,18,20-21,24-26,28,30-39,45H2,1-2H3,(H,48,49)(H,50,51). The minimum atomic E-state index is -4.73. The van der Waals surface area contributed by atoms with Crippen molar-refractivity contribution in [3.8, 4) is 0 Å². The molecule has 0 saturated carbocycles. The molecule has 12 heteroatoms. The SMILES string of the molecule is CCCCCC=CCC=CCC=CCC=CCCCC(=O)OCC(COP(=O)(O)OCC(N)C(=O)O)OC(=O)CCCCCCCCCCCCCCCCC. The molecule has 0 amide bonds. The summed E-state index contributed by atoms with van der Waals surface area (Å²) in [5.41, 5.74) is 5.33. The number of carbonyl (C=O) groups is 3. The van der Waals surface area contributed by atoms with E-state index in [1.165, 1.54) is 89.9 Å². The highest BCUT2D eigenvalue weighted by molar-refractivity contribution is 7.47. The van der Waals surface area contributed by atoms with Gasteiger partial charge in [0.25, 0.3) is 0 Å². The molecule has 0 aliphatic heterocycles. The van der Waals surface area contributed by atoms with Crippen LogP contribution in [0, 0.1) is 0 Å². The van der Waals surface area contributed by atoms with E-state index in [-0.39, 0.29) is 19.4 Å². The van der Waals surface area contributed by atoms with Gasteiger partial charge in [0.2, 0.25) is 0 Å². The zero-order chi connectivity index (χ0) is 41.4. The number of rotatable bonds is 40. The molecule has 0 spiro atoms. The number of phosphoric acid groups is 1. The number of carboxylic acid groups (broad SMARTS) is 1. The molecule has 11 nitrogen and oxygen atoms in total. The van der Waals surface area contributed by atoms with Crippen molar-refractivity contribution in [3.05, 3.63) is 48.6 Å². The van der Waals surface area contributed by atoms with Crippen LogP contribution in [0.5, 0.6) is 0 Å². The number of carboxylic acids is 1. The number of hydrogen-bond acceptors (Lipinski definition) is 9. The molecule has 0 aromatic heterocycles. The maximum absolute atomic E-state index is 12.6. The first-order chi connectivity index (χ1) is 27.1. The van der Waals surface area contributed by atoms with E-state index in [2.05, 4.69) is 60.9 Å². The summed E-state index contributed by atoms with van der Waals surface area (Å²) in [6, 6.07) is -1.53. The van der Waals surface area contributed by atoms with Crippen molar-refractivity contribution < 1.29 is 47.5 Å². The molecule has 0 heterocycles. The number of nitrogens with two attached hydrogens (primary N) is 1. The summed E-state index contributed by atoms with van der Waals surface area (Å²) < 4.78 is 32.6. The number of phosphoric ester groups is 1. The van der Waals surface area contributed by atoms with E-state index in [1.54, 1.807) is 0 Å². The first-order valence-corrected chi connectivity index (χ1v) is 23.2. The Kier molecular flexibility index (Phi) is 37.5. The number of allylic oxidation sites excluding steroid dienone is 8. The Morgan fingerprint density at radius 1 is 0.554 bits per heavy atom. The number of aliphatic carboxylic acids is 1. The van der Waals surface area contributed by atoms with Crippen LogP contribution in [0.15, 0.2) is 48.6 Å². The lowest BCUT2D eigenvalue weighted by Gasteiger charge is -2.20. The predicted octanol–water partition coefficient (Wildman–Crippen LogP) is 11.4. The van der Waals surface area contributed by atoms with Crippen molar-refractivity contribution in [1.82, 2.24) is 0 Å². The Labute approximate surface area is 339 Å². The van der Waals surface area contributed by atoms with E-state index in [4.69, 9.17) is 24.8 Å². The van der Waals surface area contributed by atoms with Gasteiger partial charge in [-0.05, 0) is 51.4 Å². The number of esters is 2.